The van der Waals surface area contributed by atoms with Crippen molar-refractivity contribution in [2.45, 2.75) is 20.8 Å². The van der Waals surface area contributed by atoms with E-state index in [4.69, 9.17) is 18.0 Å². The van der Waals surface area contributed by atoms with Gasteiger partial charge in [-0.1, -0.05) is 12.2 Å². The van der Waals surface area contributed by atoms with Crippen LogP contribution in [-0.2, 0) is 0 Å². The lowest BCUT2D eigenvalue weighted by Gasteiger charge is -1.97. The quantitative estimate of drug-likeness (QED) is 0.430. The molecule has 0 aliphatic heterocycles. The smallest absolute Gasteiger partial charge is 0.0167 e. The molecule has 0 aliphatic carbocycles. The third kappa shape index (κ3) is 2.07. The molecule has 0 aromatic carbocycles. The summed E-state index contributed by atoms with van der Waals surface area (Å²) in [6.07, 6.45) is 0. The molecule has 0 saturated heterocycles. The van der Waals surface area contributed by atoms with E-state index in [2.05, 4.69) is 0 Å². The number of rotatable bonds is 1. The van der Waals surface area contributed by atoms with Gasteiger partial charge in [0.05, 0.1) is 0 Å². The summed E-state index contributed by atoms with van der Waals surface area (Å²) in [7, 11) is 0. The SMILES string of the molecule is CC(=S)C(C)=C(C)N. The molecule has 0 atom stereocenters. The lowest BCUT2D eigenvalue weighted by Crippen LogP contribution is -2.00. The van der Waals surface area contributed by atoms with E-state index in [9.17, 15) is 0 Å². The van der Waals surface area contributed by atoms with Gasteiger partial charge in [-0.05, 0) is 26.3 Å². The molecule has 0 radical (unpaired) electrons. The van der Waals surface area contributed by atoms with Crippen molar-refractivity contribution in [1.82, 2.24) is 0 Å². The minimum atomic E-state index is 0.817. The van der Waals surface area contributed by atoms with Gasteiger partial charge in [-0.15, -0.1) is 0 Å². The molecule has 2 heteroatoms. The van der Waals surface area contributed by atoms with E-state index in [1.807, 2.05) is 20.8 Å². The van der Waals surface area contributed by atoms with Crippen molar-refractivity contribution >= 4 is 17.1 Å². The summed E-state index contributed by atoms with van der Waals surface area (Å²) in [5.74, 6) is 0. The topological polar surface area (TPSA) is 26.0 Å². The van der Waals surface area contributed by atoms with E-state index in [1.54, 1.807) is 0 Å². The number of thiocarbonyl (C=S) groups is 1. The van der Waals surface area contributed by atoms with E-state index in [0.717, 1.165) is 16.1 Å². The van der Waals surface area contributed by atoms with Gasteiger partial charge in [-0.2, -0.15) is 0 Å². The van der Waals surface area contributed by atoms with Crippen molar-refractivity contribution in [3.63, 3.8) is 0 Å². The Balaban J connectivity index is 4.23. The van der Waals surface area contributed by atoms with Crippen LogP contribution in [0.1, 0.15) is 20.8 Å². The van der Waals surface area contributed by atoms with Crippen molar-refractivity contribution in [3.05, 3.63) is 11.3 Å². The second kappa shape index (κ2) is 2.82. The standard InChI is InChI=1S/C6H11NS/c1-4(5(2)7)6(3)8/h7H2,1-3H3. The second-order valence-corrected chi connectivity index (χ2v) is 2.48. The highest BCUT2D eigenvalue weighted by Gasteiger charge is 1.91. The van der Waals surface area contributed by atoms with Crippen LogP contribution in [-0.4, -0.2) is 4.86 Å². The average Bonchev–Trinajstić information content (AvgIpc) is 1.64. The van der Waals surface area contributed by atoms with Crippen LogP contribution in [0.3, 0.4) is 0 Å². The minimum absolute atomic E-state index is 0.817. The Hall–Kier alpha value is -0.370. The molecule has 0 saturated carbocycles. The molecule has 0 heterocycles. The van der Waals surface area contributed by atoms with Crippen LogP contribution in [0.5, 0.6) is 0 Å². The maximum absolute atomic E-state index is 5.43. The minimum Gasteiger partial charge on any atom is -0.402 e. The zero-order valence-electron chi connectivity index (χ0n) is 5.49. The Bertz CT molecular complexity index is 131. The first-order chi connectivity index (χ1) is 3.55. The van der Waals surface area contributed by atoms with Gasteiger partial charge in [-0.3, -0.25) is 0 Å². The molecule has 0 aromatic heterocycles. The summed E-state index contributed by atoms with van der Waals surface area (Å²) in [6.45, 7) is 5.66. The van der Waals surface area contributed by atoms with Gasteiger partial charge in [0.25, 0.3) is 0 Å². The third-order valence-corrected chi connectivity index (χ3v) is 1.43. The van der Waals surface area contributed by atoms with Crippen molar-refractivity contribution in [2.75, 3.05) is 0 Å². The normalized spacial score (nSPS) is 12.9. The van der Waals surface area contributed by atoms with Crippen LogP contribution < -0.4 is 5.73 Å². The van der Waals surface area contributed by atoms with Gasteiger partial charge >= 0.3 is 0 Å². The number of nitrogens with two attached hydrogens (primary N) is 1. The second-order valence-electron chi connectivity index (χ2n) is 1.86. The molecule has 2 N–H and O–H groups in total. The van der Waals surface area contributed by atoms with E-state index in [1.165, 1.54) is 0 Å². The Kier molecular flexibility index (Phi) is 2.69. The molecule has 46 valence electrons. The van der Waals surface area contributed by atoms with Gasteiger partial charge in [0.2, 0.25) is 0 Å². The summed E-state index contributed by atoms with van der Waals surface area (Å²) in [5.41, 5.74) is 7.27. The van der Waals surface area contributed by atoms with E-state index >= 15 is 0 Å². The fraction of sp³-hybridized carbons (Fsp3) is 0.500. The monoisotopic (exact) mass is 129 g/mol. The highest BCUT2D eigenvalue weighted by atomic mass is 32.1. The summed E-state index contributed by atoms with van der Waals surface area (Å²) in [6, 6.07) is 0. The lowest BCUT2D eigenvalue weighted by molar-refractivity contribution is 1.26. The Labute approximate surface area is 55.6 Å². The fourth-order valence-corrected chi connectivity index (χ4v) is 0.439. The molecule has 0 aliphatic rings. The van der Waals surface area contributed by atoms with Crippen molar-refractivity contribution in [1.29, 1.82) is 0 Å². The Morgan fingerprint density at radius 1 is 1.25 bits per heavy atom. The Morgan fingerprint density at radius 3 is 1.62 bits per heavy atom. The zero-order valence-corrected chi connectivity index (χ0v) is 6.30. The van der Waals surface area contributed by atoms with Crippen LogP contribution in [0.15, 0.2) is 11.3 Å². The van der Waals surface area contributed by atoms with Crippen molar-refractivity contribution in [2.24, 2.45) is 5.73 Å². The number of hydrogen-bond donors (Lipinski definition) is 1. The first kappa shape index (κ1) is 7.63. The lowest BCUT2D eigenvalue weighted by atomic mass is 10.2. The highest BCUT2D eigenvalue weighted by molar-refractivity contribution is 7.80. The molecule has 0 amide bonds. The Morgan fingerprint density at radius 2 is 1.62 bits per heavy atom. The third-order valence-electron chi connectivity index (χ3n) is 1.12. The summed E-state index contributed by atoms with van der Waals surface area (Å²) >= 11 is 4.86. The van der Waals surface area contributed by atoms with Gasteiger partial charge in [0, 0.05) is 10.6 Å². The molecule has 0 aromatic rings. The first-order valence-electron chi connectivity index (χ1n) is 2.49. The largest absolute Gasteiger partial charge is 0.402 e. The summed E-state index contributed by atoms with van der Waals surface area (Å²) in [5, 5.41) is 0. The average molecular weight is 129 g/mol. The maximum Gasteiger partial charge on any atom is 0.0167 e. The molecule has 1 nitrogen and oxygen atoms in total. The van der Waals surface area contributed by atoms with Gasteiger partial charge < -0.3 is 5.73 Å². The molecule has 0 unspecified atom stereocenters. The molecule has 0 rings (SSSR count). The zero-order chi connectivity index (χ0) is 6.73. The molecule has 0 fully saturated rings. The van der Waals surface area contributed by atoms with Gasteiger partial charge in [0.1, 0.15) is 0 Å². The van der Waals surface area contributed by atoms with Crippen molar-refractivity contribution in [3.8, 4) is 0 Å². The first-order valence-corrected chi connectivity index (χ1v) is 2.90. The van der Waals surface area contributed by atoms with Crippen LogP contribution in [0, 0.1) is 0 Å². The molecule has 0 bridgehead atoms. The number of allylic oxidation sites excluding steroid dienone is 2. The van der Waals surface area contributed by atoms with Gasteiger partial charge in [-0.25, -0.2) is 0 Å². The molecule has 0 spiro atoms. The van der Waals surface area contributed by atoms with E-state index < -0.39 is 0 Å². The number of hydrogen-bond acceptors (Lipinski definition) is 2. The van der Waals surface area contributed by atoms with Gasteiger partial charge in [0.15, 0.2) is 0 Å². The fourth-order valence-electron chi connectivity index (χ4n) is 0.278. The van der Waals surface area contributed by atoms with Crippen molar-refractivity contribution < 1.29 is 0 Å². The predicted molar refractivity (Wildman–Crippen MR) is 40.8 cm³/mol. The summed E-state index contributed by atoms with van der Waals surface area (Å²) < 4.78 is 0. The molecular formula is C6H11NS. The molecular weight excluding hydrogens is 118 g/mol. The van der Waals surface area contributed by atoms with Crippen LogP contribution in [0.4, 0.5) is 0 Å². The maximum atomic E-state index is 5.43. The van der Waals surface area contributed by atoms with Crippen LogP contribution in [0.25, 0.3) is 0 Å². The highest BCUT2D eigenvalue weighted by Crippen LogP contribution is 1.98. The summed E-state index contributed by atoms with van der Waals surface area (Å²) in [4.78, 5) is 0.880. The van der Waals surface area contributed by atoms with Crippen LogP contribution in [0.2, 0.25) is 0 Å². The van der Waals surface area contributed by atoms with Crippen LogP contribution >= 0.6 is 12.2 Å². The van der Waals surface area contributed by atoms with E-state index in [0.29, 0.717) is 0 Å². The van der Waals surface area contributed by atoms with E-state index in [-0.39, 0.29) is 0 Å². The molecule has 8 heavy (non-hydrogen) atoms. The predicted octanol–water partition coefficient (Wildman–Crippen LogP) is 1.63.